The smallest absolute Gasteiger partial charge is 0.315 e. The summed E-state index contributed by atoms with van der Waals surface area (Å²) >= 11 is 11.9. The van der Waals surface area contributed by atoms with Crippen LogP contribution in [0.2, 0.25) is 0 Å². The normalized spacial score (nSPS) is 30.3. The molecule has 1 saturated carbocycles. The minimum atomic E-state index is -1.06. The Morgan fingerprint density at radius 2 is 1.65 bits per heavy atom. The molecule has 0 bridgehead atoms. The molecule has 1 amide bonds. The van der Waals surface area contributed by atoms with Gasteiger partial charge in [-0.1, -0.05) is 12.8 Å². The maximum Gasteiger partial charge on any atom is 0.315 e. The Bertz CT molecular complexity index is 405. The van der Waals surface area contributed by atoms with Crippen LogP contribution in [-0.2, 0) is 14.3 Å². The molecule has 1 aliphatic heterocycles. The number of carbonyl (C=O) groups excluding carboxylic acids is 2. The maximum absolute atomic E-state index is 12.3. The fraction of sp³-hybridized carbons (Fsp3) is 0.857. The summed E-state index contributed by atoms with van der Waals surface area (Å²) in [5, 5.41) is 0. The zero-order valence-electron chi connectivity index (χ0n) is 12.0. The van der Waals surface area contributed by atoms with E-state index in [0.29, 0.717) is 6.42 Å². The number of amides is 1. The Morgan fingerprint density at radius 1 is 1.15 bits per heavy atom. The van der Waals surface area contributed by atoms with Crippen LogP contribution in [0.25, 0.3) is 0 Å². The molecule has 114 valence electrons. The first-order valence-corrected chi connectivity index (χ1v) is 7.91. The van der Waals surface area contributed by atoms with Crippen LogP contribution in [0.5, 0.6) is 0 Å². The van der Waals surface area contributed by atoms with E-state index in [-0.39, 0.29) is 5.91 Å². The SMILES string of the molecule is CC(OC(=O)C1(C)CC1(Cl)Cl)C(=O)N1CCCCCC1. The van der Waals surface area contributed by atoms with E-state index in [1.54, 1.807) is 18.7 Å². The highest BCUT2D eigenvalue weighted by atomic mass is 35.5. The zero-order valence-corrected chi connectivity index (χ0v) is 13.5. The highest BCUT2D eigenvalue weighted by Crippen LogP contribution is 2.64. The Hall–Kier alpha value is -0.480. The predicted molar refractivity (Wildman–Crippen MR) is 77.8 cm³/mol. The molecule has 2 unspecified atom stereocenters. The monoisotopic (exact) mass is 321 g/mol. The minimum absolute atomic E-state index is 0.126. The van der Waals surface area contributed by atoms with Gasteiger partial charge < -0.3 is 9.64 Å². The number of rotatable bonds is 3. The van der Waals surface area contributed by atoms with Crippen LogP contribution < -0.4 is 0 Å². The lowest BCUT2D eigenvalue weighted by atomic mass is 10.1. The number of ether oxygens (including phenoxy) is 1. The predicted octanol–water partition coefficient (Wildman–Crippen LogP) is 2.90. The molecule has 0 N–H and O–H groups in total. The van der Waals surface area contributed by atoms with Crippen molar-refractivity contribution in [1.29, 1.82) is 0 Å². The number of esters is 1. The molecule has 2 atom stereocenters. The van der Waals surface area contributed by atoms with E-state index in [0.717, 1.165) is 38.8 Å². The lowest BCUT2D eigenvalue weighted by molar-refractivity contribution is -0.163. The Morgan fingerprint density at radius 3 is 2.10 bits per heavy atom. The van der Waals surface area contributed by atoms with Gasteiger partial charge in [-0.05, 0) is 26.7 Å². The second-order valence-electron chi connectivity index (χ2n) is 6.00. The van der Waals surface area contributed by atoms with Crippen molar-refractivity contribution in [3.8, 4) is 0 Å². The highest BCUT2D eigenvalue weighted by Gasteiger charge is 2.69. The van der Waals surface area contributed by atoms with Gasteiger partial charge in [0.05, 0.1) is 0 Å². The Kier molecular flexibility index (Phi) is 4.55. The van der Waals surface area contributed by atoms with Crippen molar-refractivity contribution in [2.24, 2.45) is 5.41 Å². The highest BCUT2D eigenvalue weighted by molar-refractivity contribution is 6.53. The van der Waals surface area contributed by atoms with Crippen molar-refractivity contribution < 1.29 is 14.3 Å². The molecule has 1 saturated heterocycles. The molecular formula is C14H21Cl2NO3. The molecule has 4 nitrogen and oxygen atoms in total. The van der Waals surface area contributed by atoms with Gasteiger partial charge in [-0.2, -0.15) is 0 Å². The summed E-state index contributed by atoms with van der Waals surface area (Å²) in [6, 6.07) is 0. The fourth-order valence-electron chi connectivity index (χ4n) is 2.51. The van der Waals surface area contributed by atoms with Crippen LogP contribution in [0.15, 0.2) is 0 Å². The lowest BCUT2D eigenvalue weighted by Crippen LogP contribution is -2.41. The van der Waals surface area contributed by atoms with E-state index in [4.69, 9.17) is 27.9 Å². The number of halogens is 2. The van der Waals surface area contributed by atoms with Crippen LogP contribution in [0.1, 0.15) is 46.0 Å². The van der Waals surface area contributed by atoms with Crippen LogP contribution in [-0.4, -0.2) is 40.3 Å². The number of hydrogen-bond acceptors (Lipinski definition) is 3. The molecule has 2 rings (SSSR count). The van der Waals surface area contributed by atoms with Gasteiger partial charge in [-0.25, -0.2) is 0 Å². The van der Waals surface area contributed by atoms with E-state index < -0.39 is 21.8 Å². The summed E-state index contributed by atoms with van der Waals surface area (Å²) in [6.45, 7) is 4.76. The van der Waals surface area contributed by atoms with Gasteiger partial charge in [-0.3, -0.25) is 9.59 Å². The van der Waals surface area contributed by atoms with Crippen molar-refractivity contribution in [3.63, 3.8) is 0 Å². The van der Waals surface area contributed by atoms with Crippen molar-refractivity contribution in [3.05, 3.63) is 0 Å². The van der Waals surface area contributed by atoms with E-state index in [1.165, 1.54) is 0 Å². The molecule has 0 radical (unpaired) electrons. The number of nitrogens with zero attached hydrogens (tertiary/aromatic N) is 1. The molecule has 2 aliphatic rings. The number of carbonyl (C=O) groups is 2. The molecule has 1 aliphatic carbocycles. The molecule has 0 aromatic rings. The van der Waals surface area contributed by atoms with Crippen LogP contribution in [0, 0.1) is 5.41 Å². The molecular weight excluding hydrogens is 301 g/mol. The molecule has 0 spiro atoms. The van der Waals surface area contributed by atoms with Gasteiger partial charge in [0.1, 0.15) is 9.75 Å². The Labute approximate surface area is 129 Å². The first kappa shape index (κ1) is 15.9. The lowest BCUT2D eigenvalue weighted by Gasteiger charge is -2.25. The van der Waals surface area contributed by atoms with Crippen molar-refractivity contribution in [1.82, 2.24) is 4.90 Å². The van der Waals surface area contributed by atoms with Crippen LogP contribution in [0.3, 0.4) is 0 Å². The molecule has 6 heteroatoms. The second-order valence-corrected chi connectivity index (χ2v) is 7.48. The summed E-state index contributed by atoms with van der Waals surface area (Å²) in [5.41, 5.74) is -0.885. The second kappa shape index (κ2) is 5.72. The van der Waals surface area contributed by atoms with Gasteiger partial charge in [0, 0.05) is 19.5 Å². The van der Waals surface area contributed by atoms with Gasteiger partial charge in [0.15, 0.2) is 6.10 Å². The van der Waals surface area contributed by atoms with E-state index >= 15 is 0 Å². The third-order valence-corrected chi connectivity index (χ3v) is 5.36. The third kappa shape index (κ3) is 3.06. The van der Waals surface area contributed by atoms with E-state index in [2.05, 4.69) is 0 Å². The number of alkyl halides is 2. The van der Waals surface area contributed by atoms with Crippen molar-refractivity contribution >= 4 is 35.1 Å². The summed E-state index contributed by atoms with van der Waals surface area (Å²) in [7, 11) is 0. The van der Waals surface area contributed by atoms with Gasteiger partial charge in [0.25, 0.3) is 5.91 Å². The average molecular weight is 322 g/mol. The topological polar surface area (TPSA) is 46.6 Å². The summed E-state index contributed by atoms with van der Waals surface area (Å²) in [4.78, 5) is 26.1. The molecule has 1 heterocycles. The molecule has 0 aromatic carbocycles. The molecule has 0 aromatic heterocycles. The van der Waals surface area contributed by atoms with Gasteiger partial charge >= 0.3 is 5.97 Å². The summed E-state index contributed by atoms with van der Waals surface area (Å²) in [6.07, 6.45) is 3.91. The first-order chi connectivity index (χ1) is 9.28. The maximum atomic E-state index is 12.3. The quantitative estimate of drug-likeness (QED) is 0.593. The zero-order chi connectivity index (χ0) is 15.0. The van der Waals surface area contributed by atoms with Gasteiger partial charge in [-0.15, -0.1) is 23.2 Å². The first-order valence-electron chi connectivity index (χ1n) is 7.16. The van der Waals surface area contributed by atoms with Gasteiger partial charge in [0.2, 0.25) is 0 Å². The van der Waals surface area contributed by atoms with Crippen LogP contribution in [0.4, 0.5) is 0 Å². The van der Waals surface area contributed by atoms with Crippen LogP contribution >= 0.6 is 23.2 Å². The minimum Gasteiger partial charge on any atom is -0.452 e. The largest absolute Gasteiger partial charge is 0.452 e. The van der Waals surface area contributed by atoms with Crippen molar-refractivity contribution in [2.75, 3.05) is 13.1 Å². The fourth-order valence-corrected chi connectivity index (χ4v) is 3.20. The standard InChI is InChI=1S/C14H21Cl2NO3/c1-10(11(18)17-7-5-3-4-6-8-17)20-12(19)13(2)9-14(13,15)16/h10H,3-9H2,1-2H3. The molecule has 20 heavy (non-hydrogen) atoms. The van der Waals surface area contributed by atoms with E-state index in [9.17, 15) is 9.59 Å². The third-order valence-electron chi connectivity index (χ3n) is 4.26. The van der Waals surface area contributed by atoms with Crippen molar-refractivity contribution in [2.45, 2.75) is 56.4 Å². The average Bonchev–Trinajstić information content (AvgIpc) is 3.01. The molecule has 2 fully saturated rings. The van der Waals surface area contributed by atoms with E-state index in [1.807, 2.05) is 0 Å². The summed E-state index contributed by atoms with van der Waals surface area (Å²) < 4.78 is 4.21. The number of likely N-dealkylation sites (tertiary alicyclic amines) is 1. The summed E-state index contributed by atoms with van der Waals surface area (Å²) in [5.74, 6) is -0.614. The Balaban J connectivity index is 1.89. The number of hydrogen-bond donors (Lipinski definition) is 0.